The standard InChI is InChI=1S/C33H19BrCl2F5IN2O6/c1-50-18-9-11(8-17(34)27(18)45)20-14-6-7-15-19(29(47)43(28(15)46)13-4-2-12(42)3-5-13)16(14)10-32(35)30(48)44(31(49)33(20,32)36)26-24(40)22(38)21(37)23(39)25(26)41/h2-6,8-9,15-16,19-20,45H,7,10H2,1H3/t15-,16+,19-,20-,32+,33-/m0/s1. The molecule has 4 amide bonds. The van der Waals surface area contributed by atoms with Crippen molar-refractivity contribution < 1.29 is 51.0 Å². The van der Waals surface area contributed by atoms with Gasteiger partial charge in [0.15, 0.2) is 44.5 Å². The van der Waals surface area contributed by atoms with E-state index in [9.17, 15) is 37.5 Å². The van der Waals surface area contributed by atoms with Crippen LogP contribution < -0.4 is 14.5 Å². The van der Waals surface area contributed by atoms with Gasteiger partial charge in [-0.25, -0.2) is 26.9 Å². The Morgan fingerprint density at radius 2 is 1.48 bits per heavy atom. The Labute approximate surface area is 311 Å². The van der Waals surface area contributed by atoms with Crippen LogP contribution in [0.3, 0.4) is 0 Å². The van der Waals surface area contributed by atoms with Crippen molar-refractivity contribution >= 4 is 96.7 Å². The van der Waals surface area contributed by atoms with Crippen LogP contribution in [0, 0.1) is 50.4 Å². The summed E-state index contributed by atoms with van der Waals surface area (Å²) in [5, 5.41) is 10.6. The maximum atomic E-state index is 15.2. The van der Waals surface area contributed by atoms with Crippen LogP contribution in [0.5, 0.6) is 11.5 Å². The van der Waals surface area contributed by atoms with Gasteiger partial charge in [-0.05, 0) is 99.2 Å². The van der Waals surface area contributed by atoms with Crippen LogP contribution in [0.2, 0.25) is 0 Å². The minimum absolute atomic E-state index is 0.0223. The van der Waals surface area contributed by atoms with E-state index >= 15 is 8.78 Å². The molecule has 3 fully saturated rings. The predicted molar refractivity (Wildman–Crippen MR) is 180 cm³/mol. The molecule has 7 rings (SSSR count). The van der Waals surface area contributed by atoms with Crippen LogP contribution in [-0.2, 0) is 19.2 Å². The Morgan fingerprint density at radius 3 is 2.08 bits per heavy atom. The zero-order valence-corrected chi connectivity index (χ0v) is 30.3. The third-order valence-corrected chi connectivity index (χ3v) is 12.6. The number of alkyl halides is 2. The molecule has 6 atom stereocenters. The van der Waals surface area contributed by atoms with Crippen molar-refractivity contribution in [3.8, 4) is 11.5 Å². The second kappa shape index (κ2) is 11.9. The van der Waals surface area contributed by atoms with Gasteiger partial charge in [0.25, 0.3) is 11.8 Å². The van der Waals surface area contributed by atoms with Crippen LogP contribution in [0.4, 0.5) is 33.3 Å². The summed E-state index contributed by atoms with van der Waals surface area (Å²) in [5.41, 5.74) is -1.27. The number of halogens is 9. The number of phenols is 1. The fourth-order valence-corrected chi connectivity index (χ4v) is 9.46. The van der Waals surface area contributed by atoms with Gasteiger partial charge in [0.2, 0.25) is 17.6 Å². The molecule has 1 N–H and O–H groups in total. The molecule has 17 heteroatoms. The van der Waals surface area contributed by atoms with Crippen LogP contribution in [0.1, 0.15) is 24.3 Å². The second-order valence-corrected chi connectivity index (χ2v) is 15.6. The number of carbonyl (C=O) groups excluding carboxylic acids is 4. The molecule has 0 unspecified atom stereocenters. The van der Waals surface area contributed by atoms with Gasteiger partial charge in [-0.15, -0.1) is 23.2 Å². The van der Waals surface area contributed by atoms with E-state index in [1.807, 2.05) is 0 Å². The minimum atomic E-state index is -2.72. The van der Waals surface area contributed by atoms with Gasteiger partial charge in [0.1, 0.15) is 5.69 Å². The zero-order chi connectivity index (χ0) is 36.4. The molecule has 0 radical (unpaired) electrons. The van der Waals surface area contributed by atoms with E-state index in [-0.39, 0.29) is 44.1 Å². The molecule has 4 aliphatic rings. The summed E-state index contributed by atoms with van der Waals surface area (Å²) in [5.74, 6) is -22.0. The van der Waals surface area contributed by atoms with Crippen molar-refractivity contribution in [2.45, 2.75) is 28.5 Å². The van der Waals surface area contributed by atoms with Crippen molar-refractivity contribution in [3.63, 3.8) is 0 Å². The molecule has 50 heavy (non-hydrogen) atoms. The molecule has 2 aliphatic heterocycles. The number of carbonyl (C=O) groups is 4. The number of hydrogen-bond acceptors (Lipinski definition) is 6. The normalized spacial score (nSPS) is 28.9. The number of imide groups is 2. The Morgan fingerprint density at radius 1 is 0.880 bits per heavy atom. The monoisotopic (exact) mass is 910 g/mol. The van der Waals surface area contributed by atoms with Crippen LogP contribution in [0.15, 0.2) is 52.5 Å². The number of fused-ring (bicyclic) bond motifs is 4. The largest absolute Gasteiger partial charge is 0.503 e. The maximum Gasteiger partial charge on any atom is 0.258 e. The number of rotatable bonds is 4. The summed E-state index contributed by atoms with van der Waals surface area (Å²) < 4.78 is 79.5. The average Bonchev–Trinajstić information content (AvgIpc) is 3.42. The molecular formula is C33H19BrCl2F5IN2O6. The summed E-state index contributed by atoms with van der Waals surface area (Å²) in [4.78, 5) is 52.1. The highest BCUT2D eigenvalue weighted by Gasteiger charge is 2.77. The number of allylic oxidation sites excluding steroid dienone is 2. The van der Waals surface area contributed by atoms with Crippen LogP contribution in [0.25, 0.3) is 0 Å². The van der Waals surface area contributed by atoms with Gasteiger partial charge in [-0.2, -0.15) is 0 Å². The highest BCUT2D eigenvalue weighted by Crippen LogP contribution is 2.66. The highest BCUT2D eigenvalue weighted by molar-refractivity contribution is 14.1. The lowest BCUT2D eigenvalue weighted by Gasteiger charge is -2.50. The van der Waals surface area contributed by atoms with Crippen LogP contribution >= 0.6 is 61.7 Å². The minimum Gasteiger partial charge on any atom is -0.503 e. The number of ether oxygens (including phenoxy) is 1. The fraction of sp³-hybridized carbons (Fsp3) is 0.273. The first-order chi connectivity index (χ1) is 23.5. The first-order valence-electron chi connectivity index (χ1n) is 14.7. The van der Waals surface area contributed by atoms with E-state index in [1.165, 1.54) is 19.2 Å². The summed E-state index contributed by atoms with van der Waals surface area (Å²) in [7, 11) is 1.22. The number of benzene rings is 3. The Hall–Kier alpha value is -3.28. The lowest BCUT2D eigenvalue weighted by atomic mass is 9.56. The topological polar surface area (TPSA) is 104 Å². The van der Waals surface area contributed by atoms with E-state index < -0.39 is 98.2 Å². The van der Waals surface area contributed by atoms with Gasteiger partial charge in [-0.1, -0.05) is 11.6 Å². The number of anilines is 2. The summed E-state index contributed by atoms with van der Waals surface area (Å²) in [6.45, 7) is 0. The zero-order valence-electron chi connectivity index (χ0n) is 25.0. The van der Waals surface area contributed by atoms with E-state index in [0.717, 1.165) is 8.47 Å². The molecule has 0 spiro atoms. The molecule has 2 aliphatic carbocycles. The molecule has 8 nitrogen and oxygen atoms in total. The lowest BCUT2D eigenvalue weighted by Crippen LogP contribution is -2.60. The molecular weight excluding hydrogens is 893 g/mol. The number of hydrogen-bond donors (Lipinski definition) is 1. The first-order valence-corrected chi connectivity index (χ1v) is 17.3. The summed E-state index contributed by atoms with van der Waals surface area (Å²) in [6, 6.07) is 9.14. The molecule has 2 heterocycles. The molecule has 260 valence electrons. The van der Waals surface area contributed by atoms with Crippen molar-refractivity contribution in [3.05, 3.63) is 90.7 Å². The van der Waals surface area contributed by atoms with Crippen LogP contribution in [-0.4, -0.2) is 45.6 Å². The Kier molecular flexibility index (Phi) is 8.35. The lowest BCUT2D eigenvalue weighted by molar-refractivity contribution is -0.125. The van der Waals surface area contributed by atoms with Crippen molar-refractivity contribution in [2.75, 3.05) is 16.9 Å². The van der Waals surface area contributed by atoms with Crippen molar-refractivity contribution in [2.24, 2.45) is 17.8 Å². The smallest absolute Gasteiger partial charge is 0.258 e. The number of phenolic OH excluding ortho intramolecular Hbond substituents is 1. The number of methoxy groups -OCH3 is 1. The Balaban J connectivity index is 1.45. The number of aromatic hydroxyl groups is 1. The van der Waals surface area contributed by atoms with Crippen molar-refractivity contribution in [1.82, 2.24) is 0 Å². The van der Waals surface area contributed by atoms with Gasteiger partial charge >= 0.3 is 0 Å². The highest BCUT2D eigenvalue weighted by atomic mass is 127. The van der Waals surface area contributed by atoms with Gasteiger partial charge in [-0.3, -0.25) is 24.1 Å². The van der Waals surface area contributed by atoms with Gasteiger partial charge in [0.05, 0.1) is 29.1 Å². The quantitative estimate of drug-likeness (QED) is 0.0564. The van der Waals surface area contributed by atoms with E-state index in [4.69, 9.17) is 27.9 Å². The molecule has 2 saturated heterocycles. The molecule has 0 aromatic heterocycles. The molecule has 1 saturated carbocycles. The first kappa shape index (κ1) is 35.1. The second-order valence-electron chi connectivity index (χ2n) is 12.2. The van der Waals surface area contributed by atoms with Crippen molar-refractivity contribution in [1.29, 1.82) is 0 Å². The van der Waals surface area contributed by atoms with E-state index in [1.54, 1.807) is 30.3 Å². The average molecular weight is 912 g/mol. The number of amides is 4. The Bertz CT molecular complexity index is 2100. The molecule has 3 aromatic rings. The molecule has 3 aromatic carbocycles. The fourth-order valence-electron chi connectivity index (χ4n) is 7.70. The predicted octanol–water partition coefficient (Wildman–Crippen LogP) is 7.23. The van der Waals surface area contributed by atoms with E-state index in [2.05, 4.69) is 38.5 Å². The third kappa shape index (κ3) is 4.51. The van der Waals surface area contributed by atoms with E-state index in [0.29, 0.717) is 0 Å². The third-order valence-electron chi connectivity index (χ3n) is 9.91. The van der Waals surface area contributed by atoms with Gasteiger partial charge < -0.3 is 9.84 Å². The van der Waals surface area contributed by atoms with Gasteiger partial charge in [0, 0.05) is 9.49 Å². The summed E-state index contributed by atoms with van der Waals surface area (Å²) >= 11 is 19.6. The number of nitrogens with zero attached hydrogens (tertiary/aromatic N) is 2. The SMILES string of the molecule is COc1cc([C@H]2C3=CC[C@@H]4C(=O)N(c5ccc(I)cc5)C(=O)[C@@H]4[C@@H]3C[C@@]3(Cl)C(=O)N(c4c(F)c(F)c(F)c(F)c4F)C(=O)[C@@]23Cl)cc(Br)c1O. The summed E-state index contributed by atoms with van der Waals surface area (Å²) in [6.07, 6.45) is 0.903. The maximum absolute atomic E-state index is 15.2. The molecule has 0 bridgehead atoms.